The minimum absolute atomic E-state index is 0.310. The maximum absolute atomic E-state index is 6.35. The molecule has 1 fully saturated rings. The predicted octanol–water partition coefficient (Wildman–Crippen LogP) is 4.44. The van der Waals surface area contributed by atoms with E-state index in [9.17, 15) is 0 Å². The smallest absolute Gasteiger partial charge is 0.179 e. The molecule has 3 atom stereocenters. The second kappa shape index (κ2) is 7.37. The Morgan fingerprint density at radius 3 is 2.57 bits per heavy atom. The van der Waals surface area contributed by atoms with E-state index in [1.54, 1.807) is 14.2 Å². The van der Waals surface area contributed by atoms with Gasteiger partial charge in [-0.3, -0.25) is 0 Å². The molecule has 1 aromatic carbocycles. The lowest BCUT2D eigenvalue weighted by Gasteiger charge is -2.33. The number of ether oxygens (including phenoxy) is 2. The zero-order valence-corrected chi connectivity index (χ0v) is 14.2. The molecule has 2 rings (SSSR count). The fourth-order valence-corrected chi connectivity index (χ4v) is 3.87. The van der Waals surface area contributed by atoms with E-state index in [0.29, 0.717) is 28.5 Å². The molecule has 0 spiro atoms. The zero-order valence-electron chi connectivity index (χ0n) is 13.4. The Labute approximate surface area is 133 Å². The maximum atomic E-state index is 6.35. The summed E-state index contributed by atoms with van der Waals surface area (Å²) in [5.41, 5.74) is 1.18. The molecule has 1 aromatic rings. The highest BCUT2D eigenvalue weighted by atomic mass is 35.5. The number of hydrogen-bond donors (Lipinski definition) is 1. The van der Waals surface area contributed by atoms with Crippen molar-refractivity contribution in [3.05, 3.63) is 22.7 Å². The molecule has 0 amide bonds. The van der Waals surface area contributed by atoms with Crippen LogP contribution in [0.3, 0.4) is 0 Å². The van der Waals surface area contributed by atoms with Gasteiger partial charge in [-0.25, -0.2) is 0 Å². The zero-order chi connectivity index (χ0) is 15.4. The Morgan fingerprint density at radius 1 is 1.24 bits per heavy atom. The van der Waals surface area contributed by atoms with Crippen LogP contribution < -0.4 is 14.8 Å². The van der Waals surface area contributed by atoms with Gasteiger partial charge in [0.15, 0.2) is 11.5 Å². The van der Waals surface area contributed by atoms with Crippen LogP contribution in [0.1, 0.15) is 44.2 Å². The van der Waals surface area contributed by atoms with Gasteiger partial charge in [0.25, 0.3) is 0 Å². The number of halogens is 1. The van der Waals surface area contributed by atoms with Crippen LogP contribution in [-0.2, 0) is 0 Å². The Hall–Kier alpha value is -0.930. The number of benzene rings is 1. The van der Waals surface area contributed by atoms with Crippen molar-refractivity contribution in [1.82, 2.24) is 5.32 Å². The topological polar surface area (TPSA) is 30.5 Å². The fraction of sp³-hybridized carbons (Fsp3) is 0.647. The molecule has 4 heteroatoms. The summed E-state index contributed by atoms with van der Waals surface area (Å²) < 4.78 is 10.7. The lowest BCUT2D eigenvalue weighted by molar-refractivity contribution is 0.229. The molecular weight excluding hydrogens is 286 g/mol. The largest absolute Gasteiger partial charge is 0.493 e. The Balaban J connectivity index is 2.31. The minimum Gasteiger partial charge on any atom is -0.493 e. The highest BCUT2D eigenvalue weighted by Crippen LogP contribution is 2.42. The molecule has 3 unspecified atom stereocenters. The first-order valence-corrected chi connectivity index (χ1v) is 8.07. The van der Waals surface area contributed by atoms with Gasteiger partial charge in [-0.1, -0.05) is 31.4 Å². The first-order chi connectivity index (χ1) is 10.1. The molecule has 0 aliphatic heterocycles. The van der Waals surface area contributed by atoms with Crippen molar-refractivity contribution < 1.29 is 9.47 Å². The van der Waals surface area contributed by atoms with Gasteiger partial charge in [0.2, 0.25) is 0 Å². The molecular formula is C17H26ClNO2. The Bertz CT molecular complexity index is 478. The van der Waals surface area contributed by atoms with Crippen LogP contribution in [0, 0.1) is 11.8 Å². The molecule has 1 saturated carbocycles. The molecule has 1 aliphatic rings. The van der Waals surface area contributed by atoms with E-state index in [1.807, 2.05) is 19.2 Å². The molecule has 1 N–H and O–H groups in total. The second-order valence-electron chi connectivity index (χ2n) is 6.04. The molecule has 0 saturated heterocycles. The van der Waals surface area contributed by atoms with Gasteiger partial charge in [-0.2, -0.15) is 0 Å². The molecule has 118 valence electrons. The van der Waals surface area contributed by atoms with E-state index < -0.39 is 0 Å². The average molecular weight is 312 g/mol. The van der Waals surface area contributed by atoms with Gasteiger partial charge in [-0.15, -0.1) is 0 Å². The first kappa shape index (κ1) is 16.4. The van der Waals surface area contributed by atoms with Gasteiger partial charge in [0, 0.05) is 6.04 Å². The van der Waals surface area contributed by atoms with Crippen LogP contribution in [0.5, 0.6) is 11.5 Å². The van der Waals surface area contributed by atoms with E-state index in [2.05, 4.69) is 12.2 Å². The van der Waals surface area contributed by atoms with Crippen LogP contribution >= 0.6 is 11.6 Å². The normalized spacial score (nSPS) is 23.7. The first-order valence-electron chi connectivity index (χ1n) is 7.69. The monoisotopic (exact) mass is 311 g/mol. The highest BCUT2D eigenvalue weighted by molar-refractivity contribution is 6.32. The van der Waals surface area contributed by atoms with Crippen LogP contribution in [0.4, 0.5) is 0 Å². The summed E-state index contributed by atoms with van der Waals surface area (Å²) in [5, 5.41) is 4.08. The lowest BCUT2D eigenvalue weighted by Crippen LogP contribution is -2.29. The fourth-order valence-electron chi connectivity index (χ4n) is 3.58. The van der Waals surface area contributed by atoms with E-state index in [0.717, 1.165) is 5.92 Å². The van der Waals surface area contributed by atoms with Crippen molar-refractivity contribution in [2.75, 3.05) is 21.3 Å². The molecule has 1 aliphatic carbocycles. The van der Waals surface area contributed by atoms with E-state index in [4.69, 9.17) is 21.1 Å². The standard InChI is InChI=1S/C17H26ClNO2/c1-11-6-5-7-12(8-11)16(19-2)13-9-14(18)17(21-4)15(10-13)20-3/h9-12,16,19H,5-8H2,1-4H3. The van der Waals surface area contributed by atoms with Crippen molar-refractivity contribution in [2.24, 2.45) is 11.8 Å². The lowest BCUT2D eigenvalue weighted by atomic mass is 9.76. The average Bonchev–Trinajstić information content (AvgIpc) is 2.47. The quantitative estimate of drug-likeness (QED) is 0.871. The Kier molecular flexibility index (Phi) is 5.77. The molecule has 0 bridgehead atoms. The SMILES string of the molecule is CNC(c1cc(Cl)c(OC)c(OC)c1)C1CCCC(C)C1. The highest BCUT2D eigenvalue weighted by Gasteiger charge is 2.28. The van der Waals surface area contributed by atoms with Crippen LogP contribution in [0.15, 0.2) is 12.1 Å². The van der Waals surface area contributed by atoms with E-state index in [1.165, 1.54) is 31.2 Å². The Morgan fingerprint density at radius 2 is 2.00 bits per heavy atom. The van der Waals surface area contributed by atoms with Crippen molar-refractivity contribution in [3.8, 4) is 11.5 Å². The van der Waals surface area contributed by atoms with Crippen LogP contribution in [0.25, 0.3) is 0 Å². The molecule has 0 radical (unpaired) electrons. The van der Waals surface area contributed by atoms with Crippen LogP contribution in [-0.4, -0.2) is 21.3 Å². The third-order valence-electron chi connectivity index (χ3n) is 4.57. The predicted molar refractivity (Wildman–Crippen MR) is 87.5 cm³/mol. The number of hydrogen-bond acceptors (Lipinski definition) is 3. The van der Waals surface area contributed by atoms with Crippen molar-refractivity contribution in [1.29, 1.82) is 0 Å². The summed E-state index contributed by atoms with van der Waals surface area (Å²) in [4.78, 5) is 0. The van der Waals surface area contributed by atoms with E-state index in [-0.39, 0.29) is 0 Å². The summed E-state index contributed by atoms with van der Waals surface area (Å²) in [7, 11) is 5.28. The van der Waals surface area contributed by atoms with Gasteiger partial charge in [0.1, 0.15) is 0 Å². The number of methoxy groups -OCH3 is 2. The van der Waals surface area contributed by atoms with Crippen molar-refractivity contribution >= 4 is 11.6 Å². The van der Waals surface area contributed by atoms with Crippen molar-refractivity contribution in [2.45, 2.75) is 38.6 Å². The molecule has 0 aromatic heterocycles. The van der Waals surface area contributed by atoms with Crippen molar-refractivity contribution in [3.63, 3.8) is 0 Å². The molecule has 0 heterocycles. The number of rotatable bonds is 5. The summed E-state index contributed by atoms with van der Waals surface area (Å²) >= 11 is 6.35. The summed E-state index contributed by atoms with van der Waals surface area (Å²) in [6.07, 6.45) is 5.18. The van der Waals surface area contributed by atoms with E-state index >= 15 is 0 Å². The third kappa shape index (κ3) is 3.64. The summed E-state index contributed by atoms with van der Waals surface area (Å²) in [5.74, 6) is 2.75. The summed E-state index contributed by atoms with van der Waals surface area (Å²) in [6, 6.07) is 4.36. The van der Waals surface area contributed by atoms with Crippen LogP contribution in [0.2, 0.25) is 5.02 Å². The molecule has 21 heavy (non-hydrogen) atoms. The third-order valence-corrected chi connectivity index (χ3v) is 4.86. The van der Waals surface area contributed by atoms with Gasteiger partial charge < -0.3 is 14.8 Å². The summed E-state index contributed by atoms with van der Waals surface area (Å²) in [6.45, 7) is 2.35. The number of nitrogens with one attached hydrogen (secondary N) is 1. The van der Waals surface area contributed by atoms with Gasteiger partial charge in [-0.05, 0) is 49.4 Å². The van der Waals surface area contributed by atoms with Gasteiger partial charge in [0.05, 0.1) is 19.2 Å². The van der Waals surface area contributed by atoms with Gasteiger partial charge >= 0.3 is 0 Å². The second-order valence-corrected chi connectivity index (χ2v) is 6.44. The maximum Gasteiger partial charge on any atom is 0.179 e. The molecule has 3 nitrogen and oxygen atoms in total. The minimum atomic E-state index is 0.310.